The van der Waals surface area contributed by atoms with E-state index in [-0.39, 0.29) is 17.8 Å². The van der Waals surface area contributed by atoms with Gasteiger partial charge in [-0.25, -0.2) is 4.79 Å². The molecule has 2 aliphatic rings. The molecule has 2 heterocycles. The minimum Gasteiger partial charge on any atom is -0.460 e. The van der Waals surface area contributed by atoms with Gasteiger partial charge in [0, 0.05) is 37.4 Å². The van der Waals surface area contributed by atoms with Gasteiger partial charge >= 0.3 is 12.0 Å². The maximum Gasteiger partial charge on any atom is 0.328 e. The highest BCUT2D eigenvalue weighted by molar-refractivity contribution is 6.05. The molecular weight excluding hydrogens is 322 g/mol. The summed E-state index contributed by atoms with van der Waals surface area (Å²) in [4.78, 5) is 38.7. The molecule has 3 amide bonds. The van der Waals surface area contributed by atoms with Gasteiger partial charge in [0.15, 0.2) is 0 Å². The van der Waals surface area contributed by atoms with Crippen LogP contribution in [0.1, 0.15) is 27.2 Å². The highest BCUT2D eigenvalue weighted by Crippen LogP contribution is 2.29. The Morgan fingerprint density at radius 2 is 1.72 bits per heavy atom. The Labute approximate surface area is 146 Å². The second kappa shape index (κ2) is 6.38. The molecule has 0 saturated carbocycles. The standard InChI is InChI=1S/C18H23N3O4/c1-18(2,3)25-16(23)12-10-20(11-12)13-4-6-14(7-5-13)21-9-8-15(22)19-17(21)24/h4-7,12H,8-11H2,1-3H3,(H,19,22,24). The van der Waals surface area contributed by atoms with Crippen LogP contribution in [0.2, 0.25) is 0 Å². The molecular formula is C18H23N3O4. The van der Waals surface area contributed by atoms with E-state index in [2.05, 4.69) is 10.2 Å². The fraction of sp³-hybridized carbons (Fsp3) is 0.500. The van der Waals surface area contributed by atoms with Gasteiger partial charge in [0.05, 0.1) is 5.92 Å². The number of hydrogen-bond donors (Lipinski definition) is 1. The van der Waals surface area contributed by atoms with E-state index < -0.39 is 11.6 Å². The van der Waals surface area contributed by atoms with Crippen LogP contribution in [0.25, 0.3) is 0 Å². The van der Waals surface area contributed by atoms with E-state index in [1.165, 1.54) is 0 Å². The van der Waals surface area contributed by atoms with Crippen molar-refractivity contribution in [3.05, 3.63) is 24.3 Å². The Morgan fingerprint density at radius 1 is 1.12 bits per heavy atom. The van der Waals surface area contributed by atoms with Crippen LogP contribution in [0.5, 0.6) is 0 Å². The van der Waals surface area contributed by atoms with Crippen molar-refractivity contribution in [2.75, 3.05) is 29.4 Å². The molecule has 2 saturated heterocycles. The molecule has 0 atom stereocenters. The number of hydrogen-bond acceptors (Lipinski definition) is 5. The molecule has 0 bridgehead atoms. The van der Waals surface area contributed by atoms with E-state index >= 15 is 0 Å². The topological polar surface area (TPSA) is 79.0 Å². The number of nitrogens with zero attached hydrogens (tertiary/aromatic N) is 2. The molecule has 0 spiro atoms. The van der Waals surface area contributed by atoms with Crippen LogP contribution in [0.4, 0.5) is 16.2 Å². The molecule has 0 unspecified atom stereocenters. The van der Waals surface area contributed by atoms with Crippen molar-refractivity contribution in [1.29, 1.82) is 0 Å². The third-order valence-electron chi connectivity index (χ3n) is 4.20. The van der Waals surface area contributed by atoms with E-state index in [9.17, 15) is 14.4 Å². The summed E-state index contributed by atoms with van der Waals surface area (Å²) in [5.74, 6) is -0.501. The highest BCUT2D eigenvalue weighted by atomic mass is 16.6. The van der Waals surface area contributed by atoms with E-state index in [0.717, 1.165) is 11.4 Å². The molecule has 25 heavy (non-hydrogen) atoms. The van der Waals surface area contributed by atoms with E-state index in [1.807, 2.05) is 45.0 Å². The van der Waals surface area contributed by atoms with Gasteiger partial charge in [-0.05, 0) is 45.0 Å². The van der Waals surface area contributed by atoms with Crippen LogP contribution in [-0.4, -0.2) is 43.1 Å². The lowest BCUT2D eigenvalue weighted by molar-refractivity contribution is -0.160. The van der Waals surface area contributed by atoms with Gasteiger partial charge in [-0.2, -0.15) is 0 Å². The molecule has 0 radical (unpaired) electrons. The molecule has 134 valence electrons. The number of benzene rings is 1. The predicted molar refractivity (Wildman–Crippen MR) is 93.5 cm³/mol. The van der Waals surface area contributed by atoms with Crippen molar-refractivity contribution >= 4 is 29.3 Å². The van der Waals surface area contributed by atoms with Gasteiger partial charge < -0.3 is 9.64 Å². The van der Waals surface area contributed by atoms with Crippen molar-refractivity contribution in [3.63, 3.8) is 0 Å². The average Bonchev–Trinajstić information content (AvgIpc) is 2.45. The number of ether oxygens (including phenoxy) is 1. The highest BCUT2D eigenvalue weighted by Gasteiger charge is 2.36. The monoisotopic (exact) mass is 345 g/mol. The normalized spacial score (nSPS) is 18.7. The minimum atomic E-state index is -0.463. The number of rotatable bonds is 3. The Balaban J connectivity index is 1.57. The lowest BCUT2D eigenvalue weighted by atomic mass is 9.99. The first kappa shape index (κ1) is 17.3. The molecule has 2 fully saturated rings. The number of carbonyl (C=O) groups is 3. The summed E-state index contributed by atoms with van der Waals surface area (Å²) < 4.78 is 5.40. The van der Waals surface area contributed by atoms with Crippen LogP contribution in [0.15, 0.2) is 24.3 Å². The first-order valence-electron chi connectivity index (χ1n) is 8.42. The van der Waals surface area contributed by atoms with Gasteiger partial charge in [-0.15, -0.1) is 0 Å². The number of urea groups is 1. The summed E-state index contributed by atoms with van der Waals surface area (Å²) >= 11 is 0. The number of esters is 1. The Bertz CT molecular complexity index is 687. The van der Waals surface area contributed by atoms with Crippen molar-refractivity contribution in [1.82, 2.24) is 5.32 Å². The van der Waals surface area contributed by atoms with Gasteiger partial charge in [-0.1, -0.05) is 0 Å². The van der Waals surface area contributed by atoms with Crippen molar-refractivity contribution in [3.8, 4) is 0 Å². The lowest BCUT2D eigenvalue weighted by Gasteiger charge is -2.40. The Kier molecular flexibility index (Phi) is 4.41. The zero-order valence-corrected chi connectivity index (χ0v) is 14.7. The number of carbonyl (C=O) groups excluding carboxylic acids is 3. The second-order valence-electron chi connectivity index (χ2n) is 7.41. The van der Waals surface area contributed by atoms with Crippen LogP contribution in [0, 0.1) is 5.92 Å². The summed E-state index contributed by atoms with van der Waals surface area (Å²) in [5.41, 5.74) is 1.28. The molecule has 0 aromatic heterocycles. The third kappa shape index (κ3) is 3.92. The first-order chi connectivity index (χ1) is 11.7. The zero-order valence-electron chi connectivity index (χ0n) is 14.7. The summed E-state index contributed by atoms with van der Waals surface area (Å²) in [6.07, 6.45) is 0.303. The van der Waals surface area contributed by atoms with E-state index in [1.54, 1.807) is 4.90 Å². The number of imide groups is 1. The molecule has 0 aliphatic carbocycles. The zero-order chi connectivity index (χ0) is 18.2. The third-order valence-corrected chi connectivity index (χ3v) is 4.20. The van der Waals surface area contributed by atoms with Gasteiger partial charge in [0.1, 0.15) is 5.60 Å². The molecule has 1 aromatic carbocycles. The van der Waals surface area contributed by atoms with Crippen molar-refractivity contribution in [2.24, 2.45) is 5.92 Å². The summed E-state index contributed by atoms with van der Waals surface area (Å²) in [6, 6.07) is 7.16. The molecule has 1 aromatic rings. The SMILES string of the molecule is CC(C)(C)OC(=O)C1CN(c2ccc(N3CCC(=O)NC3=O)cc2)C1. The van der Waals surface area contributed by atoms with E-state index in [4.69, 9.17) is 4.74 Å². The second-order valence-corrected chi connectivity index (χ2v) is 7.41. The van der Waals surface area contributed by atoms with Crippen LogP contribution >= 0.6 is 0 Å². The number of anilines is 2. The van der Waals surface area contributed by atoms with Gasteiger partial charge in [-0.3, -0.25) is 19.8 Å². The van der Waals surface area contributed by atoms with Crippen molar-refractivity contribution in [2.45, 2.75) is 32.8 Å². The smallest absolute Gasteiger partial charge is 0.328 e. The summed E-state index contributed by atoms with van der Waals surface area (Å²) in [7, 11) is 0. The first-order valence-corrected chi connectivity index (χ1v) is 8.42. The maximum atomic E-state index is 12.0. The number of nitrogens with one attached hydrogen (secondary N) is 1. The maximum absolute atomic E-state index is 12.0. The quantitative estimate of drug-likeness (QED) is 0.847. The van der Waals surface area contributed by atoms with Crippen LogP contribution in [-0.2, 0) is 14.3 Å². The predicted octanol–water partition coefficient (Wildman–Crippen LogP) is 1.91. The van der Waals surface area contributed by atoms with Gasteiger partial charge in [0.25, 0.3) is 0 Å². The fourth-order valence-electron chi connectivity index (χ4n) is 2.88. The molecule has 3 rings (SSSR count). The number of amides is 3. The summed E-state index contributed by atoms with van der Waals surface area (Å²) in [5, 5.41) is 2.31. The molecule has 7 nitrogen and oxygen atoms in total. The van der Waals surface area contributed by atoms with Gasteiger partial charge in [0.2, 0.25) is 5.91 Å². The molecule has 7 heteroatoms. The van der Waals surface area contributed by atoms with Crippen molar-refractivity contribution < 1.29 is 19.1 Å². The largest absolute Gasteiger partial charge is 0.460 e. The Hall–Kier alpha value is -2.57. The van der Waals surface area contributed by atoms with E-state index in [0.29, 0.717) is 26.1 Å². The van der Waals surface area contributed by atoms with Crippen LogP contribution < -0.4 is 15.1 Å². The Morgan fingerprint density at radius 3 is 2.28 bits per heavy atom. The van der Waals surface area contributed by atoms with Crippen LogP contribution in [0.3, 0.4) is 0 Å². The molecule has 2 aliphatic heterocycles. The average molecular weight is 345 g/mol. The lowest BCUT2D eigenvalue weighted by Crippen LogP contribution is -2.52. The minimum absolute atomic E-state index is 0.0993. The fourth-order valence-corrected chi connectivity index (χ4v) is 2.88. The summed E-state index contributed by atoms with van der Waals surface area (Å²) in [6.45, 7) is 7.24. The molecule has 1 N–H and O–H groups in total.